The van der Waals surface area contributed by atoms with E-state index in [0.717, 1.165) is 25.2 Å². The van der Waals surface area contributed by atoms with Crippen molar-refractivity contribution in [2.75, 3.05) is 5.32 Å². The zero-order valence-electron chi connectivity index (χ0n) is 12.6. The van der Waals surface area contributed by atoms with Crippen LogP contribution in [0.2, 0.25) is 0 Å². The van der Waals surface area contributed by atoms with Gasteiger partial charge in [-0.3, -0.25) is 9.36 Å². The van der Waals surface area contributed by atoms with Gasteiger partial charge in [-0.05, 0) is 27.2 Å². The van der Waals surface area contributed by atoms with E-state index < -0.39 is 0 Å². The molecule has 20 heavy (non-hydrogen) atoms. The van der Waals surface area contributed by atoms with Gasteiger partial charge in [0.05, 0.1) is 18.1 Å². The zero-order chi connectivity index (χ0) is 13.8. The van der Waals surface area contributed by atoms with Crippen LogP contribution in [0.5, 0.6) is 0 Å². The normalized spacial score (nSPS) is 10.7. The molecule has 2 aromatic heterocycles. The molecule has 6 heteroatoms. The van der Waals surface area contributed by atoms with Crippen LogP contribution in [0.25, 0.3) is 0 Å². The molecule has 0 aliphatic carbocycles. The van der Waals surface area contributed by atoms with E-state index in [0.29, 0.717) is 6.04 Å². The van der Waals surface area contributed by atoms with Crippen LogP contribution in [0.15, 0.2) is 18.6 Å². The van der Waals surface area contributed by atoms with Crippen molar-refractivity contribution in [1.29, 1.82) is 0 Å². The minimum Gasteiger partial charge on any atom is -0.378 e. The van der Waals surface area contributed by atoms with Crippen LogP contribution in [0, 0.1) is 6.92 Å². The summed E-state index contributed by atoms with van der Waals surface area (Å²) in [6.45, 7) is 10.3. The van der Waals surface area contributed by atoms with Gasteiger partial charge in [0.2, 0.25) is 0 Å². The maximum atomic E-state index is 4.42. The second kappa shape index (κ2) is 7.33. The molecule has 0 unspecified atom stereocenters. The van der Waals surface area contributed by atoms with Crippen molar-refractivity contribution in [3.8, 4) is 0 Å². The number of anilines is 1. The maximum absolute atomic E-state index is 4.42. The zero-order valence-corrected chi connectivity index (χ0v) is 13.4. The minimum absolute atomic E-state index is 0. The van der Waals surface area contributed by atoms with Crippen molar-refractivity contribution in [3.05, 3.63) is 29.8 Å². The van der Waals surface area contributed by atoms with Crippen molar-refractivity contribution >= 4 is 18.1 Å². The average molecular weight is 298 g/mol. The van der Waals surface area contributed by atoms with Crippen molar-refractivity contribution in [1.82, 2.24) is 19.6 Å². The second-order valence-electron chi connectivity index (χ2n) is 5.14. The largest absolute Gasteiger partial charge is 0.378 e. The first kappa shape index (κ1) is 16.6. The molecule has 0 amide bonds. The van der Waals surface area contributed by atoms with E-state index in [1.807, 2.05) is 23.3 Å². The number of halogens is 1. The lowest BCUT2D eigenvalue weighted by Gasteiger charge is -2.09. The number of nitrogens with zero attached hydrogens (tertiary/aromatic N) is 4. The Hall–Kier alpha value is -1.49. The van der Waals surface area contributed by atoms with Crippen LogP contribution in [0.3, 0.4) is 0 Å². The summed E-state index contributed by atoms with van der Waals surface area (Å²) in [6, 6.07) is 0.404. The predicted molar refractivity (Wildman–Crippen MR) is 84.4 cm³/mol. The van der Waals surface area contributed by atoms with E-state index in [9.17, 15) is 0 Å². The van der Waals surface area contributed by atoms with Gasteiger partial charge >= 0.3 is 0 Å². The van der Waals surface area contributed by atoms with Crippen molar-refractivity contribution in [2.45, 2.75) is 53.2 Å². The summed E-state index contributed by atoms with van der Waals surface area (Å²) in [5.41, 5.74) is 3.52. The van der Waals surface area contributed by atoms with Gasteiger partial charge in [0.1, 0.15) is 0 Å². The van der Waals surface area contributed by atoms with E-state index in [1.54, 1.807) is 0 Å². The van der Waals surface area contributed by atoms with Crippen molar-refractivity contribution in [2.24, 2.45) is 0 Å². The highest BCUT2D eigenvalue weighted by Gasteiger charge is 2.08. The third kappa shape index (κ3) is 3.76. The van der Waals surface area contributed by atoms with Gasteiger partial charge in [-0.2, -0.15) is 10.2 Å². The Labute approximate surface area is 126 Å². The molecule has 0 aliphatic rings. The first-order chi connectivity index (χ1) is 9.11. The first-order valence-electron chi connectivity index (χ1n) is 6.91. The lowest BCUT2D eigenvalue weighted by molar-refractivity contribution is 0.518. The molecular weight excluding hydrogens is 274 g/mol. The highest BCUT2D eigenvalue weighted by Crippen LogP contribution is 2.14. The Morgan fingerprint density at radius 2 is 2.00 bits per heavy atom. The molecule has 1 N–H and O–H groups in total. The number of rotatable bonds is 6. The van der Waals surface area contributed by atoms with Gasteiger partial charge in [0.25, 0.3) is 0 Å². The molecule has 0 atom stereocenters. The molecule has 2 heterocycles. The van der Waals surface area contributed by atoms with Crippen LogP contribution in [-0.2, 0) is 13.1 Å². The third-order valence-electron chi connectivity index (χ3n) is 3.20. The van der Waals surface area contributed by atoms with Gasteiger partial charge in [0.15, 0.2) is 0 Å². The molecule has 0 saturated carbocycles. The molecule has 2 aromatic rings. The quantitative estimate of drug-likeness (QED) is 0.889. The Kier molecular flexibility index (Phi) is 6.07. The van der Waals surface area contributed by atoms with Crippen LogP contribution in [0.1, 0.15) is 44.5 Å². The molecule has 5 nitrogen and oxygen atoms in total. The van der Waals surface area contributed by atoms with E-state index in [4.69, 9.17) is 0 Å². The van der Waals surface area contributed by atoms with Gasteiger partial charge < -0.3 is 5.32 Å². The number of hydrogen-bond donors (Lipinski definition) is 1. The first-order valence-corrected chi connectivity index (χ1v) is 6.91. The van der Waals surface area contributed by atoms with E-state index in [2.05, 4.69) is 47.9 Å². The molecule has 0 saturated heterocycles. The fourth-order valence-electron chi connectivity index (χ4n) is 2.16. The third-order valence-corrected chi connectivity index (χ3v) is 3.20. The highest BCUT2D eigenvalue weighted by atomic mass is 35.5. The molecule has 0 aromatic carbocycles. The molecule has 0 spiro atoms. The van der Waals surface area contributed by atoms with E-state index >= 15 is 0 Å². The molecule has 0 aliphatic heterocycles. The number of aryl methyl sites for hydroxylation is 1. The van der Waals surface area contributed by atoms with Crippen LogP contribution in [0.4, 0.5) is 5.69 Å². The number of aromatic nitrogens is 4. The smallest absolute Gasteiger partial charge is 0.0729 e. The van der Waals surface area contributed by atoms with Crippen molar-refractivity contribution in [3.63, 3.8) is 0 Å². The summed E-state index contributed by atoms with van der Waals surface area (Å²) in [4.78, 5) is 0. The fourth-order valence-corrected chi connectivity index (χ4v) is 2.16. The number of hydrogen-bond acceptors (Lipinski definition) is 3. The Morgan fingerprint density at radius 3 is 2.60 bits per heavy atom. The molecule has 112 valence electrons. The maximum Gasteiger partial charge on any atom is 0.0729 e. The number of nitrogens with one attached hydrogen (secondary N) is 1. The summed E-state index contributed by atoms with van der Waals surface area (Å²) >= 11 is 0. The lowest BCUT2D eigenvalue weighted by Crippen LogP contribution is -2.06. The predicted octanol–water partition coefficient (Wildman–Crippen LogP) is 3.41. The molecule has 0 bridgehead atoms. The van der Waals surface area contributed by atoms with Gasteiger partial charge in [-0.25, -0.2) is 0 Å². The molecule has 0 fully saturated rings. The van der Waals surface area contributed by atoms with Gasteiger partial charge in [-0.1, -0.05) is 6.92 Å². The van der Waals surface area contributed by atoms with Crippen LogP contribution < -0.4 is 5.32 Å². The van der Waals surface area contributed by atoms with Crippen LogP contribution >= 0.6 is 12.4 Å². The minimum atomic E-state index is 0. The van der Waals surface area contributed by atoms with Gasteiger partial charge in [-0.15, -0.1) is 12.4 Å². The average Bonchev–Trinajstić information content (AvgIpc) is 2.94. The highest BCUT2D eigenvalue weighted by molar-refractivity contribution is 5.85. The fraction of sp³-hybridized carbons (Fsp3) is 0.571. The molecular formula is C14H24ClN5. The Morgan fingerprint density at radius 1 is 1.25 bits per heavy atom. The van der Waals surface area contributed by atoms with E-state index in [1.165, 1.54) is 11.3 Å². The molecule has 0 radical (unpaired) electrons. The van der Waals surface area contributed by atoms with Crippen molar-refractivity contribution < 1.29 is 0 Å². The molecule has 2 rings (SSSR count). The standard InChI is InChI=1S/C14H23N5.ClH/c1-5-6-18-10-14(9-16-18)15-7-13-8-17-19(11(2)3)12(13)4;/h8-11,15H,5-7H2,1-4H3;1H. The topological polar surface area (TPSA) is 47.7 Å². The second-order valence-corrected chi connectivity index (χ2v) is 5.14. The monoisotopic (exact) mass is 297 g/mol. The summed E-state index contributed by atoms with van der Waals surface area (Å²) in [5.74, 6) is 0. The van der Waals surface area contributed by atoms with Crippen LogP contribution in [-0.4, -0.2) is 19.6 Å². The van der Waals surface area contributed by atoms with E-state index in [-0.39, 0.29) is 12.4 Å². The Balaban J connectivity index is 0.00000200. The Bertz CT molecular complexity index is 529. The summed E-state index contributed by atoms with van der Waals surface area (Å²) < 4.78 is 4.02. The summed E-state index contributed by atoms with van der Waals surface area (Å²) in [6.07, 6.45) is 6.96. The summed E-state index contributed by atoms with van der Waals surface area (Å²) in [7, 11) is 0. The lowest BCUT2D eigenvalue weighted by atomic mass is 10.2. The summed E-state index contributed by atoms with van der Waals surface area (Å²) in [5, 5.41) is 12.1. The SMILES string of the molecule is CCCn1cc(NCc2cnn(C(C)C)c2C)cn1.Cl. The van der Waals surface area contributed by atoms with Gasteiger partial charge in [0, 0.05) is 36.6 Å².